The van der Waals surface area contributed by atoms with Crippen LogP contribution in [0.3, 0.4) is 0 Å². The first kappa shape index (κ1) is 18.8. The molecule has 1 aromatic rings. The molecule has 1 aliphatic carbocycles. The van der Waals surface area contributed by atoms with Gasteiger partial charge in [0.15, 0.2) is 0 Å². The van der Waals surface area contributed by atoms with Gasteiger partial charge < -0.3 is 10.2 Å². The van der Waals surface area contributed by atoms with Gasteiger partial charge in [-0.1, -0.05) is 12.1 Å². The van der Waals surface area contributed by atoms with Crippen LogP contribution in [0.15, 0.2) is 29.2 Å². The quantitative estimate of drug-likeness (QED) is 0.799. The predicted octanol–water partition coefficient (Wildman–Crippen LogP) is 1.09. The number of likely N-dealkylation sites (N-methyl/N-ethyl adjacent to an activating group) is 1. The van der Waals surface area contributed by atoms with Crippen LogP contribution in [-0.4, -0.2) is 51.4 Å². The van der Waals surface area contributed by atoms with Crippen molar-refractivity contribution in [3.05, 3.63) is 30.1 Å². The Morgan fingerprint density at radius 3 is 2.58 bits per heavy atom. The van der Waals surface area contributed by atoms with Gasteiger partial charge in [-0.05, 0) is 52.4 Å². The summed E-state index contributed by atoms with van der Waals surface area (Å²) in [7, 11) is -0.179. The molecule has 6 nitrogen and oxygen atoms in total. The predicted molar refractivity (Wildman–Crippen MR) is 89.4 cm³/mol. The molecule has 0 saturated heterocycles. The highest BCUT2D eigenvalue weighted by Gasteiger charge is 2.32. The first-order valence-corrected chi connectivity index (χ1v) is 9.44. The number of hydrogen-bond acceptors (Lipinski definition) is 4. The van der Waals surface area contributed by atoms with E-state index in [4.69, 9.17) is 0 Å². The normalized spacial score (nSPS) is 22.5. The average Bonchev–Trinajstić information content (AvgIpc) is 2.95. The SMILES string of the molecule is C[C@H](NS(=O)(=O)c1ccccc1F)C(=O)N[C@@H]1CCC[C@H]1N(C)C. The second-order valence-electron chi connectivity index (χ2n) is 6.35. The van der Waals surface area contributed by atoms with E-state index < -0.39 is 32.7 Å². The van der Waals surface area contributed by atoms with E-state index in [1.165, 1.54) is 25.1 Å². The Kier molecular flexibility index (Phi) is 5.95. The molecule has 1 aliphatic rings. The molecule has 134 valence electrons. The molecule has 2 N–H and O–H groups in total. The molecular weight excluding hydrogens is 333 g/mol. The van der Waals surface area contributed by atoms with Crippen LogP contribution in [0.2, 0.25) is 0 Å². The highest BCUT2D eigenvalue weighted by Crippen LogP contribution is 2.22. The zero-order chi connectivity index (χ0) is 17.9. The monoisotopic (exact) mass is 357 g/mol. The second-order valence-corrected chi connectivity index (χ2v) is 8.03. The fourth-order valence-electron chi connectivity index (χ4n) is 3.05. The smallest absolute Gasteiger partial charge is 0.244 e. The topological polar surface area (TPSA) is 78.5 Å². The summed E-state index contributed by atoms with van der Waals surface area (Å²) in [5.41, 5.74) is 0. The molecule has 0 radical (unpaired) electrons. The van der Waals surface area contributed by atoms with E-state index in [0.717, 1.165) is 25.3 Å². The Bertz CT molecular complexity index is 694. The van der Waals surface area contributed by atoms with Crippen molar-refractivity contribution in [2.24, 2.45) is 0 Å². The molecule has 0 bridgehead atoms. The lowest BCUT2D eigenvalue weighted by atomic mass is 10.1. The van der Waals surface area contributed by atoms with Crippen molar-refractivity contribution in [3.63, 3.8) is 0 Å². The number of carbonyl (C=O) groups is 1. The molecule has 1 amide bonds. The Labute approximate surface area is 142 Å². The number of hydrogen-bond donors (Lipinski definition) is 2. The lowest BCUT2D eigenvalue weighted by molar-refractivity contribution is -0.123. The fraction of sp³-hybridized carbons (Fsp3) is 0.562. The van der Waals surface area contributed by atoms with E-state index in [1.807, 2.05) is 14.1 Å². The van der Waals surface area contributed by atoms with Crippen molar-refractivity contribution in [3.8, 4) is 0 Å². The summed E-state index contributed by atoms with van der Waals surface area (Å²) in [6, 6.07) is 4.32. The zero-order valence-electron chi connectivity index (χ0n) is 14.1. The molecular formula is C16H24FN3O3S. The third-order valence-electron chi connectivity index (χ3n) is 4.32. The molecule has 0 aliphatic heterocycles. The van der Waals surface area contributed by atoms with Gasteiger partial charge >= 0.3 is 0 Å². The Hall–Kier alpha value is -1.51. The first-order valence-electron chi connectivity index (χ1n) is 7.96. The summed E-state index contributed by atoms with van der Waals surface area (Å²) in [5.74, 6) is -1.25. The highest BCUT2D eigenvalue weighted by molar-refractivity contribution is 7.89. The van der Waals surface area contributed by atoms with Crippen LogP contribution in [0.25, 0.3) is 0 Å². The van der Waals surface area contributed by atoms with Crippen LogP contribution >= 0.6 is 0 Å². The molecule has 0 aromatic heterocycles. The minimum atomic E-state index is -4.09. The van der Waals surface area contributed by atoms with Gasteiger partial charge in [-0.25, -0.2) is 12.8 Å². The van der Waals surface area contributed by atoms with Crippen molar-refractivity contribution in [2.45, 2.75) is 49.2 Å². The molecule has 2 rings (SSSR count). The molecule has 1 aromatic carbocycles. The van der Waals surface area contributed by atoms with Crippen LogP contribution in [0.4, 0.5) is 4.39 Å². The zero-order valence-corrected chi connectivity index (χ0v) is 14.9. The molecule has 1 saturated carbocycles. The van der Waals surface area contributed by atoms with Gasteiger partial charge in [0.25, 0.3) is 0 Å². The third-order valence-corrected chi connectivity index (χ3v) is 5.90. The molecule has 24 heavy (non-hydrogen) atoms. The molecule has 0 heterocycles. The average molecular weight is 357 g/mol. The van der Waals surface area contributed by atoms with Gasteiger partial charge in [0.2, 0.25) is 15.9 Å². The number of sulfonamides is 1. The van der Waals surface area contributed by atoms with E-state index in [1.54, 1.807) is 0 Å². The summed E-state index contributed by atoms with van der Waals surface area (Å²) in [5, 5.41) is 2.90. The molecule has 0 spiro atoms. The van der Waals surface area contributed by atoms with E-state index in [-0.39, 0.29) is 12.1 Å². The largest absolute Gasteiger partial charge is 0.350 e. The van der Waals surface area contributed by atoms with Crippen LogP contribution in [0.1, 0.15) is 26.2 Å². The molecule has 8 heteroatoms. The maximum atomic E-state index is 13.7. The lowest BCUT2D eigenvalue weighted by Gasteiger charge is -2.28. The summed E-state index contributed by atoms with van der Waals surface area (Å²) in [6.45, 7) is 1.45. The number of rotatable bonds is 6. The van der Waals surface area contributed by atoms with E-state index >= 15 is 0 Å². The molecule has 0 unspecified atom stereocenters. The number of carbonyl (C=O) groups excluding carboxylic acids is 1. The Balaban J connectivity index is 2.02. The highest BCUT2D eigenvalue weighted by atomic mass is 32.2. The second kappa shape index (κ2) is 7.58. The van der Waals surface area contributed by atoms with E-state index in [2.05, 4.69) is 14.9 Å². The Morgan fingerprint density at radius 2 is 1.96 bits per heavy atom. The first-order chi connectivity index (χ1) is 11.2. The summed E-state index contributed by atoms with van der Waals surface area (Å²) in [4.78, 5) is 13.9. The maximum absolute atomic E-state index is 13.7. The van der Waals surface area contributed by atoms with Crippen LogP contribution in [0.5, 0.6) is 0 Å². The van der Waals surface area contributed by atoms with Gasteiger partial charge in [-0.2, -0.15) is 4.72 Å². The van der Waals surface area contributed by atoms with Gasteiger partial charge in [0.05, 0.1) is 6.04 Å². The van der Waals surface area contributed by atoms with Crippen molar-refractivity contribution in [1.29, 1.82) is 0 Å². The number of benzene rings is 1. The van der Waals surface area contributed by atoms with Crippen molar-refractivity contribution in [1.82, 2.24) is 14.9 Å². The van der Waals surface area contributed by atoms with Crippen LogP contribution in [0, 0.1) is 5.82 Å². The number of halogens is 1. The molecule has 3 atom stereocenters. The number of amides is 1. The Morgan fingerprint density at radius 1 is 1.29 bits per heavy atom. The van der Waals surface area contributed by atoms with Crippen molar-refractivity contribution >= 4 is 15.9 Å². The van der Waals surface area contributed by atoms with Gasteiger partial charge in [0, 0.05) is 12.1 Å². The summed E-state index contributed by atoms with van der Waals surface area (Å²) >= 11 is 0. The van der Waals surface area contributed by atoms with Crippen LogP contribution < -0.4 is 10.0 Å². The summed E-state index contributed by atoms with van der Waals surface area (Å²) < 4.78 is 40.4. The minimum Gasteiger partial charge on any atom is -0.350 e. The van der Waals surface area contributed by atoms with Crippen molar-refractivity contribution < 1.29 is 17.6 Å². The van der Waals surface area contributed by atoms with Gasteiger partial charge in [0.1, 0.15) is 10.7 Å². The van der Waals surface area contributed by atoms with Crippen molar-refractivity contribution in [2.75, 3.05) is 14.1 Å². The van der Waals surface area contributed by atoms with E-state index in [9.17, 15) is 17.6 Å². The van der Waals surface area contributed by atoms with Gasteiger partial charge in [-0.3, -0.25) is 4.79 Å². The summed E-state index contributed by atoms with van der Waals surface area (Å²) in [6.07, 6.45) is 2.87. The minimum absolute atomic E-state index is 0.00656. The molecule has 1 fully saturated rings. The van der Waals surface area contributed by atoms with Crippen LogP contribution in [-0.2, 0) is 14.8 Å². The standard InChI is InChI=1S/C16H24FN3O3S/c1-11(16(21)18-13-8-6-9-14(13)20(2)3)19-24(22,23)15-10-5-4-7-12(15)17/h4-5,7,10-11,13-14,19H,6,8-9H2,1-3H3,(H,18,21)/t11-,13+,14+/m0/s1. The maximum Gasteiger partial charge on any atom is 0.244 e. The van der Waals surface area contributed by atoms with Gasteiger partial charge in [-0.15, -0.1) is 0 Å². The fourth-order valence-corrected chi connectivity index (χ4v) is 4.33. The number of nitrogens with one attached hydrogen (secondary N) is 2. The van der Waals surface area contributed by atoms with E-state index in [0.29, 0.717) is 0 Å². The lowest BCUT2D eigenvalue weighted by Crippen LogP contribution is -2.52. The number of nitrogens with zero attached hydrogens (tertiary/aromatic N) is 1. The third kappa shape index (κ3) is 4.31.